The van der Waals surface area contributed by atoms with Crippen LogP contribution in [0.3, 0.4) is 0 Å². The zero-order chi connectivity index (χ0) is 14.4. The van der Waals surface area contributed by atoms with Crippen LogP contribution in [0.15, 0.2) is 30.3 Å². The Kier molecular flexibility index (Phi) is 5.43. The first-order valence-corrected chi connectivity index (χ1v) is 9.17. The molecule has 1 aliphatic heterocycles. The number of para-hydroxylation sites is 1. The number of rotatable bonds is 6. The second-order valence-corrected chi connectivity index (χ2v) is 7.82. The summed E-state index contributed by atoms with van der Waals surface area (Å²) in [7, 11) is -2.87. The molecule has 1 heterocycles. The summed E-state index contributed by atoms with van der Waals surface area (Å²) in [6.45, 7) is 3.28. The standard InChI is InChI=1S/C15H23NO3S/c1-20(17,18)11-10-16-9-5-6-14(12-16)13-19-15-7-3-2-4-8-15/h2-4,7-8,14H,5-6,9-13H2,1H3/t14-/m1/s1. The van der Waals surface area contributed by atoms with E-state index in [1.54, 1.807) is 0 Å². The van der Waals surface area contributed by atoms with Crippen LogP contribution in [0.4, 0.5) is 0 Å². The van der Waals surface area contributed by atoms with Gasteiger partial charge in [0.2, 0.25) is 0 Å². The molecule has 0 spiro atoms. The van der Waals surface area contributed by atoms with Crippen molar-refractivity contribution in [2.24, 2.45) is 5.92 Å². The molecule has 2 rings (SSSR count). The summed E-state index contributed by atoms with van der Waals surface area (Å²) >= 11 is 0. The highest BCUT2D eigenvalue weighted by Crippen LogP contribution is 2.18. The Morgan fingerprint density at radius 2 is 2.05 bits per heavy atom. The van der Waals surface area contributed by atoms with E-state index in [1.807, 2.05) is 30.3 Å². The van der Waals surface area contributed by atoms with E-state index in [2.05, 4.69) is 4.90 Å². The van der Waals surface area contributed by atoms with Gasteiger partial charge in [-0.3, -0.25) is 0 Å². The van der Waals surface area contributed by atoms with Gasteiger partial charge in [-0.25, -0.2) is 8.42 Å². The van der Waals surface area contributed by atoms with Crippen LogP contribution in [0.25, 0.3) is 0 Å². The van der Waals surface area contributed by atoms with Gasteiger partial charge in [-0.1, -0.05) is 18.2 Å². The smallest absolute Gasteiger partial charge is 0.148 e. The van der Waals surface area contributed by atoms with Gasteiger partial charge in [0.15, 0.2) is 0 Å². The molecule has 1 atom stereocenters. The van der Waals surface area contributed by atoms with E-state index < -0.39 is 9.84 Å². The van der Waals surface area contributed by atoms with E-state index >= 15 is 0 Å². The first-order valence-electron chi connectivity index (χ1n) is 7.11. The van der Waals surface area contributed by atoms with Crippen LogP contribution in [0.5, 0.6) is 5.75 Å². The number of piperidine rings is 1. The van der Waals surface area contributed by atoms with E-state index in [0.717, 1.165) is 31.7 Å². The van der Waals surface area contributed by atoms with Crippen LogP contribution < -0.4 is 4.74 Å². The molecular weight excluding hydrogens is 274 g/mol. The zero-order valence-corrected chi connectivity index (χ0v) is 12.8. The van der Waals surface area contributed by atoms with Gasteiger partial charge in [-0.15, -0.1) is 0 Å². The average Bonchev–Trinajstić information content (AvgIpc) is 2.44. The van der Waals surface area contributed by atoms with Gasteiger partial charge in [-0.2, -0.15) is 0 Å². The summed E-state index contributed by atoms with van der Waals surface area (Å²) < 4.78 is 28.2. The molecule has 1 aliphatic rings. The Morgan fingerprint density at radius 3 is 2.75 bits per heavy atom. The Labute approximate surface area is 121 Å². The molecule has 5 heteroatoms. The van der Waals surface area contributed by atoms with Crippen molar-refractivity contribution in [1.29, 1.82) is 0 Å². The number of sulfone groups is 1. The van der Waals surface area contributed by atoms with Gasteiger partial charge >= 0.3 is 0 Å². The molecule has 0 amide bonds. The normalized spacial score (nSPS) is 20.8. The number of likely N-dealkylation sites (tertiary alicyclic amines) is 1. The van der Waals surface area contributed by atoms with Crippen LogP contribution in [0.2, 0.25) is 0 Å². The van der Waals surface area contributed by atoms with Gasteiger partial charge in [0.05, 0.1) is 12.4 Å². The lowest BCUT2D eigenvalue weighted by molar-refractivity contribution is 0.135. The number of hydrogen-bond acceptors (Lipinski definition) is 4. The summed E-state index contributed by atoms with van der Waals surface area (Å²) in [4.78, 5) is 2.24. The molecule has 0 unspecified atom stereocenters. The summed E-state index contributed by atoms with van der Waals surface area (Å²) in [5.41, 5.74) is 0. The van der Waals surface area contributed by atoms with Gasteiger partial charge < -0.3 is 9.64 Å². The van der Waals surface area contributed by atoms with Gasteiger partial charge in [0, 0.05) is 25.3 Å². The highest BCUT2D eigenvalue weighted by atomic mass is 32.2. The summed E-state index contributed by atoms with van der Waals surface area (Å²) in [6.07, 6.45) is 3.57. The third-order valence-corrected chi connectivity index (χ3v) is 4.53. The minimum absolute atomic E-state index is 0.249. The largest absolute Gasteiger partial charge is 0.493 e. The Bertz CT molecular complexity index is 501. The molecule has 1 aromatic rings. The third-order valence-electron chi connectivity index (χ3n) is 3.61. The molecule has 0 aromatic heterocycles. The molecule has 112 valence electrons. The van der Waals surface area contributed by atoms with E-state index in [9.17, 15) is 8.42 Å². The lowest BCUT2D eigenvalue weighted by Crippen LogP contribution is -2.40. The van der Waals surface area contributed by atoms with Crippen molar-refractivity contribution in [3.8, 4) is 5.75 Å². The second kappa shape index (κ2) is 7.09. The molecule has 0 bridgehead atoms. The highest BCUT2D eigenvalue weighted by Gasteiger charge is 2.21. The Balaban J connectivity index is 1.76. The lowest BCUT2D eigenvalue weighted by atomic mass is 9.99. The molecule has 0 radical (unpaired) electrons. The predicted molar refractivity (Wildman–Crippen MR) is 80.8 cm³/mol. The third kappa shape index (κ3) is 5.51. The van der Waals surface area contributed by atoms with Crippen LogP contribution >= 0.6 is 0 Å². The zero-order valence-electron chi connectivity index (χ0n) is 12.0. The number of benzene rings is 1. The fourth-order valence-corrected chi connectivity index (χ4v) is 3.11. The molecule has 20 heavy (non-hydrogen) atoms. The average molecular weight is 297 g/mol. The molecule has 1 aromatic carbocycles. The van der Waals surface area contributed by atoms with Gasteiger partial charge in [-0.05, 0) is 31.5 Å². The SMILES string of the molecule is CS(=O)(=O)CCN1CCC[C@@H](COc2ccccc2)C1. The van der Waals surface area contributed by atoms with Crippen LogP contribution in [-0.4, -0.2) is 51.6 Å². The molecule has 4 nitrogen and oxygen atoms in total. The first kappa shape index (κ1) is 15.3. The van der Waals surface area contributed by atoms with Crippen LogP contribution in [0.1, 0.15) is 12.8 Å². The molecule has 0 N–H and O–H groups in total. The van der Waals surface area contributed by atoms with E-state index in [4.69, 9.17) is 4.74 Å². The maximum absolute atomic E-state index is 11.2. The lowest BCUT2D eigenvalue weighted by Gasteiger charge is -2.32. The maximum Gasteiger partial charge on any atom is 0.148 e. The van der Waals surface area contributed by atoms with Crippen molar-refractivity contribution in [2.75, 3.05) is 38.2 Å². The summed E-state index contributed by atoms with van der Waals surface area (Å²) in [5.74, 6) is 1.64. The number of ether oxygens (including phenoxy) is 1. The van der Waals surface area contributed by atoms with Crippen molar-refractivity contribution in [1.82, 2.24) is 4.90 Å². The highest BCUT2D eigenvalue weighted by molar-refractivity contribution is 7.90. The fourth-order valence-electron chi connectivity index (χ4n) is 2.52. The Morgan fingerprint density at radius 1 is 1.30 bits per heavy atom. The van der Waals surface area contributed by atoms with Gasteiger partial charge in [0.25, 0.3) is 0 Å². The Hall–Kier alpha value is -1.07. The molecule has 1 saturated heterocycles. The van der Waals surface area contributed by atoms with Crippen molar-refractivity contribution in [2.45, 2.75) is 12.8 Å². The maximum atomic E-state index is 11.2. The van der Waals surface area contributed by atoms with Gasteiger partial charge in [0.1, 0.15) is 15.6 Å². The van der Waals surface area contributed by atoms with Crippen molar-refractivity contribution in [3.05, 3.63) is 30.3 Å². The first-order chi connectivity index (χ1) is 9.53. The minimum atomic E-state index is -2.87. The molecular formula is C15H23NO3S. The van der Waals surface area contributed by atoms with E-state index in [1.165, 1.54) is 6.26 Å². The summed E-state index contributed by atoms with van der Waals surface area (Å²) in [5, 5.41) is 0. The monoisotopic (exact) mass is 297 g/mol. The predicted octanol–water partition coefficient (Wildman–Crippen LogP) is 1.82. The van der Waals surface area contributed by atoms with Crippen molar-refractivity contribution in [3.63, 3.8) is 0 Å². The molecule has 1 fully saturated rings. The minimum Gasteiger partial charge on any atom is -0.493 e. The van der Waals surface area contributed by atoms with Crippen LogP contribution in [-0.2, 0) is 9.84 Å². The number of nitrogens with zero attached hydrogens (tertiary/aromatic N) is 1. The summed E-state index contributed by atoms with van der Waals surface area (Å²) in [6, 6.07) is 9.83. The fraction of sp³-hybridized carbons (Fsp3) is 0.600. The van der Waals surface area contributed by atoms with E-state index in [0.29, 0.717) is 19.1 Å². The quantitative estimate of drug-likeness (QED) is 0.803. The molecule has 0 saturated carbocycles. The van der Waals surface area contributed by atoms with Crippen LogP contribution in [0, 0.1) is 5.92 Å². The number of hydrogen-bond donors (Lipinski definition) is 0. The van der Waals surface area contributed by atoms with Crippen molar-refractivity contribution >= 4 is 9.84 Å². The second-order valence-electron chi connectivity index (χ2n) is 5.56. The topological polar surface area (TPSA) is 46.6 Å². The van der Waals surface area contributed by atoms with Crippen molar-refractivity contribution < 1.29 is 13.2 Å². The van der Waals surface area contributed by atoms with E-state index in [-0.39, 0.29) is 5.75 Å². The molecule has 0 aliphatic carbocycles.